The van der Waals surface area contributed by atoms with E-state index in [4.69, 9.17) is 0 Å². The first-order chi connectivity index (χ1) is 6.77. The Hall–Kier alpha value is -0.390. The molecule has 0 saturated carbocycles. The van der Waals surface area contributed by atoms with E-state index in [1.165, 1.54) is 6.92 Å². The van der Waals surface area contributed by atoms with E-state index in [2.05, 4.69) is 15.9 Å². The van der Waals surface area contributed by atoms with Crippen LogP contribution in [-0.4, -0.2) is 23.4 Å². The third kappa shape index (κ3) is 2.59. The smallest absolute Gasteiger partial charge is 0.165 e. The third-order valence-electron chi connectivity index (χ3n) is 2.33. The van der Waals surface area contributed by atoms with Crippen molar-refractivity contribution >= 4 is 25.8 Å². The molecule has 15 heavy (non-hydrogen) atoms. The molecule has 1 aromatic carbocycles. The second-order valence-corrected chi connectivity index (χ2v) is 8.14. The molecular formula is C10H13BrO3S. The van der Waals surface area contributed by atoms with Crippen molar-refractivity contribution in [3.05, 3.63) is 35.9 Å². The van der Waals surface area contributed by atoms with E-state index in [1.807, 2.05) is 6.07 Å². The normalized spacial score (nSPS) is 18.1. The minimum Gasteiger partial charge on any atom is -0.386 e. The Morgan fingerprint density at radius 3 is 2.20 bits per heavy atom. The fourth-order valence-electron chi connectivity index (χ4n) is 1.14. The molecule has 2 atom stereocenters. The van der Waals surface area contributed by atoms with Crippen LogP contribution >= 0.6 is 15.9 Å². The van der Waals surface area contributed by atoms with Gasteiger partial charge >= 0.3 is 0 Å². The lowest BCUT2D eigenvalue weighted by molar-refractivity contribution is 0.168. The second-order valence-electron chi connectivity index (χ2n) is 3.57. The standard InChI is InChI=1S/C10H13BrO3S/c1-10(11,15(2,13)14)9(12)8-6-4-3-5-7-8/h3-7,9,12H,1-2H3/t9-,10+/m0/s1. The van der Waals surface area contributed by atoms with Crippen LogP contribution in [0.1, 0.15) is 18.6 Å². The van der Waals surface area contributed by atoms with Crippen LogP contribution in [0.15, 0.2) is 30.3 Å². The summed E-state index contributed by atoms with van der Waals surface area (Å²) in [5.41, 5.74) is 0.572. The van der Waals surface area contributed by atoms with Gasteiger partial charge in [0.05, 0.1) is 0 Å². The van der Waals surface area contributed by atoms with Gasteiger partial charge in [0, 0.05) is 6.26 Å². The number of rotatable bonds is 3. The van der Waals surface area contributed by atoms with Crippen molar-refractivity contribution < 1.29 is 13.5 Å². The summed E-state index contributed by atoms with van der Waals surface area (Å²) in [6, 6.07) is 8.70. The Morgan fingerprint density at radius 1 is 1.33 bits per heavy atom. The molecule has 0 bridgehead atoms. The average molecular weight is 293 g/mol. The highest BCUT2D eigenvalue weighted by Gasteiger charge is 2.41. The summed E-state index contributed by atoms with van der Waals surface area (Å²) >= 11 is 3.07. The summed E-state index contributed by atoms with van der Waals surface area (Å²) in [7, 11) is -3.38. The van der Waals surface area contributed by atoms with E-state index in [0.717, 1.165) is 6.26 Å². The summed E-state index contributed by atoms with van der Waals surface area (Å²) in [4.78, 5) is 0. The minimum absolute atomic E-state index is 0.572. The van der Waals surface area contributed by atoms with Gasteiger partial charge in [0.15, 0.2) is 13.5 Å². The highest BCUT2D eigenvalue weighted by molar-refractivity contribution is 9.11. The van der Waals surface area contributed by atoms with Crippen LogP contribution in [0.3, 0.4) is 0 Å². The van der Waals surface area contributed by atoms with Crippen LogP contribution in [0.4, 0.5) is 0 Å². The highest BCUT2D eigenvalue weighted by Crippen LogP contribution is 2.37. The van der Waals surface area contributed by atoms with Gasteiger partial charge in [-0.15, -0.1) is 0 Å². The molecule has 0 saturated heterocycles. The maximum absolute atomic E-state index is 11.5. The molecule has 84 valence electrons. The van der Waals surface area contributed by atoms with Crippen molar-refractivity contribution in [1.82, 2.24) is 0 Å². The zero-order valence-electron chi connectivity index (χ0n) is 8.51. The Balaban J connectivity index is 3.11. The van der Waals surface area contributed by atoms with Crippen molar-refractivity contribution in [1.29, 1.82) is 0 Å². The number of alkyl halides is 1. The Bertz CT molecular complexity index is 425. The molecule has 3 nitrogen and oxygen atoms in total. The lowest BCUT2D eigenvalue weighted by atomic mass is 10.1. The quantitative estimate of drug-likeness (QED) is 0.866. The predicted octanol–water partition coefficient (Wildman–Crippen LogP) is 1.88. The highest BCUT2D eigenvalue weighted by atomic mass is 79.9. The molecule has 0 aliphatic heterocycles. The molecule has 1 N–H and O–H groups in total. The second kappa shape index (κ2) is 4.23. The van der Waals surface area contributed by atoms with E-state index in [1.54, 1.807) is 24.3 Å². The number of aliphatic hydroxyl groups is 1. The maximum Gasteiger partial charge on any atom is 0.165 e. The Labute approximate surface area is 98.2 Å². The van der Waals surface area contributed by atoms with Gasteiger partial charge in [-0.05, 0) is 12.5 Å². The molecule has 0 amide bonds. The SMILES string of the molecule is C[C@](Br)([C@@H](O)c1ccccc1)S(C)(=O)=O. The van der Waals surface area contributed by atoms with Crippen molar-refractivity contribution in [2.75, 3.05) is 6.26 Å². The zero-order chi connectivity index (χ0) is 11.7. The first kappa shape index (κ1) is 12.7. The summed E-state index contributed by atoms with van der Waals surface area (Å²) in [5, 5.41) is 9.96. The van der Waals surface area contributed by atoms with Gasteiger partial charge in [0.1, 0.15) is 6.10 Å². The fraction of sp³-hybridized carbons (Fsp3) is 0.400. The van der Waals surface area contributed by atoms with Crippen LogP contribution in [-0.2, 0) is 9.84 Å². The topological polar surface area (TPSA) is 54.4 Å². The van der Waals surface area contributed by atoms with Gasteiger partial charge in [-0.1, -0.05) is 46.3 Å². The van der Waals surface area contributed by atoms with Crippen LogP contribution in [0.2, 0.25) is 0 Å². The third-order valence-corrected chi connectivity index (χ3v) is 6.20. The molecule has 0 heterocycles. The van der Waals surface area contributed by atoms with Crippen molar-refractivity contribution in [2.45, 2.75) is 16.7 Å². The molecule has 0 aromatic heterocycles. The van der Waals surface area contributed by atoms with Gasteiger partial charge < -0.3 is 5.11 Å². The first-order valence-corrected chi connectivity index (χ1v) is 7.07. The lowest BCUT2D eigenvalue weighted by Crippen LogP contribution is -2.34. The van der Waals surface area contributed by atoms with E-state index in [9.17, 15) is 13.5 Å². The predicted molar refractivity (Wildman–Crippen MR) is 63.6 cm³/mol. The maximum atomic E-state index is 11.5. The molecule has 0 aliphatic rings. The molecule has 1 aromatic rings. The van der Waals surface area contributed by atoms with Gasteiger partial charge in [0.25, 0.3) is 0 Å². The van der Waals surface area contributed by atoms with Gasteiger partial charge in [0.2, 0.25) is 0 Å². The van der Waals surface area contributed by atoms with Gasteiger partial charge in [-0.25, -0.2) is 8.42 Å². The summed E-state index contributed by atoms with van der Waals surface area (Å²) in [5.74, 6) is 0. The number of halogens is 1. The Kier molecular flexibility index (Phi) is 3.58. The summed E-state index contributed by atoms with van der Waals surface area (Å²) in [6.45, 7) is 1.44. The van der Waals surface area contributed by atoms with E-state index in [0.29, 0.717) is 5.56 Å². The van der Waals surface area contributed by atoms with E-state index < -0.39 is 19.6 Å². The number of sulfone groups is 1. The molecule has 0 spiro atoms. The molecule has 0 aliphatic carbocycles. The number of aliphatic hydroxyl groups excluding tert-OH is 1. The van der Waals surface area contributed by atoms with Crippen LogP contribution in [0, 0.1) is 0 Å². The monoisotopic (exact) mass is 292 g/mol. The van der Waals surface area contributed by atoms with Crippen molar-refractivity contribution in [3.63, 3.8) is 0 Å². The minimum atomic E-state index is -3.38. The van der Waals surface area contributed by atoms with E-state index >= 15 is 0 Å². The zero-order valence-corrected chi connectivity index (χ0v) is 10.9. The molecule has 1 rings (SSSR count). The number of hydrogen-bond acceptors (Lipinski definition) is 3. The molecular weight excluding hydrogens is 280 g/mol. The summed E-state index contributed by atoms with van der Waals surface area (Å²) < 4.78 is 21.6. The van der Waals surface area contributed by atoms with Crippen LogP contribution < -0.4 is 0 Å². The lowest BCUT2D eigenvalue weighted by Gasteiger charge is -2.26. The molecule has 0 unspecified atom stereocenters. The first-order valence-electron chi connectivity index (χ1n) is 4.38. The van der Waals surface area contributed by atoms with Gasteiger partial charge in [-0.3, -0.25) is 0 Å². The van der Waals surface area contributed by atoms with E-state index in [-0.39, 0.29) is 0 Å². The average Bonchev–Trinajstić information content (AvgIpc) is 2.16. The molecule has 0 fully saturated rings. The van der Waals surface area contributed by atoms with Crippen LogP contribution in [0.5, 0.6) is 0 Å². The number of benzene rings is 1. The number of hydrogen-bond donors (Lipinski definition) is 1. The van der Waals surface area contributed by atoms with Crippen molar-refractivity contribution in [3.8, 4) is 0 Å². The largest absolute Gasteiger partial charge is 0.386 e. The van der Waals surface area contributed by atoms with Gasteiger partial charge in [-0.2, -0.15) is 0 Å². The fourth-order valence-corrected chi connectivity index (χ4v) is 1.94. The molecule has 0 radical (unpaired) electrons. The molecule has 5 heteroatoms. The van der Waals surface area contributed by atoms with Crippen LogP contribution in [0.25, 0.3) is 0 Å². The summed E-state index contributed by atoms with van der Waals surface area (Å²) in [6.07, 6.45) is 0.00201. The Morgan fingerprint density at radius 2 is 1.80 bits per heavy atom. The van der Waals surface area contributed by atoms with Crippen molar-refractivity contribution in [2.24, 2.45) is 0 Å².